The van der Waals surface area contributed by atoms with Gasteiger partial charge in [0.25, 0.3) is 5.19 Å². The molecule has 1 aliphatic rings. The number of rotatable bonds is 8. The average molecular weight is 364 g/mol. The van der Waals surface area contributed by atoms with E-state index in [1.165, 1.54) is 41.5 Å². The third-order valence-corrected chi connectivity index (χ3v) is 5.57. The lowest BCUT2D eigenvalue weighted by molar-refractivity contribution is -0.119. The molecule has 0 unspecified atom stereocenters. The zero-order valence-corrected chi connectivity index (χ0v) is 15.4. The number of carbonyl (C=O) groups excluding carboxylic acids is 1. The second-order valence-corrected chi connectivity index (χ2v) is 8.24. The van der Waals surface area contributed by atoms with Gasteiger partial charge in [-0.1, -0.05) is 47.2 Å². The van der Waals surface area contributed by atoms with Gasteiger partial charge in [-0.25, -0.2) is 0 Å². The minimum Gasteiger partial charge on any atom is -0.466 e. The van der Waals surface area contributed by atoms with Crippen molar-refractivity contribution in [1.29, 1.82) is 0 Å². The number of aromatic nitrogens is 2. The summed E-state index contributed by atoms with van der Waals surface area (Å²) < 4.78 is 6.25. The lowest BCUT2D eigenvalue weighted by Crippen LogP contribution is -2.31. The van der Waals surface area contributed by atoms with Crippen molar-refractivity contribution in [3.63, 3.8) is 0 Å². The summed E-state index contributed by atoms with van der Waals surface area (Å²) >= 11 is 2.77. The number of ether oxygens (including phenoxy) is 1. The van der Waals surface area contributed by atoms with Crippen molar-refractivity contribution in [1.82, 2.24) is 15.5 Å². The number of nitrogens with zero attached hydrogens (tertiary/aromatic N) is 2. The molecule has 7 heteroatoms. The number of thioether (sulfide) groups is 1. The Labute approximate surface area is 150 Å². The second kappa shape index (κ2) is 7.98. The molecule has 1 saturated carbocycles. The van der Waals surface area contributed by atoms with Gasteiger partial charge in [-0.15, -0.1) is 5.10 Å². The third-order valence-electron chi connectivity index (χ3n) is 3.62. The molecule has 5 nitrogen and oxygen atoms in total. The van der Waals surface area contributed by atoms with E-state index in [-0.39, 0.29) is 18.1 Å². The van der Waals surface area contributed by atoms with Crippen LogP contribution in [0.1, 0.15) is 38.3 Å². The highest BCUT2D eigenvalue weighted by atomic mass is 32.2. The van der Waals surface area contributed by atoms with Crippen molar-refractivity contribution in [2.75, 3.05) is 5.75 Å². The van der Waals surface area contributed by atoms with Gasteiger partial charge in [0.2, 0.25) is 5.91 Å². The molecule has 1 amide bonds. The standard InChI is InChI=1S/C17H21N3O2S2/c1-11(2)22-16-19-20-17(24-16)23-10-14(21)18-15(13-8-9-13)12-6-4-3-5-7-12/h3-7,11,13,15H,8-10H2,1-2H3,(H,18,21)/t15-/m1/s1. The van der Waals surface area contributed by atoms with Crippen LogP contribution in [0.15, 0.2) is 34.7 Å². The molecule has 1 heterocycles. The Bertz CT molecular complexity index is 671. The smallest absolute Gasteiger partial charge is 0.295 e. The summed E-state index contributed by atoms with van der Waals surface area (Å²) in [5, 5.41) is 11.7. The fourth-order valence-electron chi connectivity index (χ4n) is 2.41. The molecule has 128 valence electrons. The van der Waals surface area contributed by atoms with Crippen molar-refractivity contribution < 1.29 is 9.53 Å². The number of carbonyl (C=O) groups is 1. The van der Waals surface area contributed by atoms with Gasteiger partial charge in [-0.05, 0) is 49.5 Å². The Kier molecular flexibility index (Phi) is 5.73. The number of benzene rings is 1. The van der Waals surface area contributed by atoms with E-state index >= 15 is 0 Å². The SMILES string of the molecule is CC(C)Oc1nnc(SCC(=O)N[C@H](c2ccccc2)C2CC2)s1. The summed E-state index contributed by atoms with van der Waals surface area (Å²) in [6, 6.07) is 10.3. The van der Waals surface area contributed by atoms with E-state index in [9.17, 15) is 4.79 Å². The van der Waals surface area contributed by atoms with E-state index in [0.717, 1.165) is 4.34 Å². The Morgan fingerprint density at radius 2 is 2.08 bits per heavy atom. The molecule has 0 radical (unpaired) electrons. The summed E-state index contributed by atoms with van der Waals surface area (Å²) in [5.41, 5.74) is 1.18. The maximum atomic E-state index is 12.3. The first-order valence-electron chi connectivity index (χ1n) is 8.09. The number of hydrogen-bond donors (Lipinski definition) is 1. The predicted molar refractivity (Wildman–Crippen MR) is 96.4 cm³/mol. The van der Waals surface area contributed by atoms with Crippen LogP contribution in [0.4, 0.5) is 0 Å². The Morgan fingerprint density at radius 3 is 2.75 bits per heavy atom. The zero-order valence-electron chi connectivity index (χ0n) is 13.8. The van der Waals surface area contributed by atoms with Gasteiger partial charge >= 0.3 is 0 Å². The average Bonchev–Trinajstić information content (AvgIpc) is 3.31. The van der Waals surface area contributed by atoms with Crippen LogP contribution in [0.5, 0.6) is 5.19 Å². The highest BCUT2D eigenvalue weighted by Crippen LogP contribution is 2.41. The van der Waals surface area contributed by atoms with E-state index in [4.69, 9.17) is 4.74 Å². The van der Waals surface area contributed by atoms with E-state index in [1.807, 2.05) is 32.0 Å². The minimum atomic E-state index is 0.0299. The van der Waals surface area contributed by atoms with E-state index in [1.54, 1.807) is 0 Å². The van der Waals surface area contributed by atoms with Crippen molar-refractivity contribution in [2.24, 2.45) is 5.92 Å². The number of nitrogens with one attached hydrogen (secondary N) is 1. The fourth-order valence-corrected chi connectivity index (χ4v) is 4.03. The number of amides is 1. The lowest BCUT2D eigenvalue weighted by Gasteiger charge is -2.18. The first-order valence-corrected chi connectivity index (χ1v) is 9.89. The Balaban J connectivity index is 1.52. The molecule has 0 aliphatic heterocycles. The molecule has 1 atom stereocenters. The zero-order chi connectivity index (χ0) is 16.9. The van der Waals surface area contributed by atoms with Crippen LogP contribution >= 0.6 is 23.1 Å². The Morgan fingerprint density at radius 1 is 1.33 bits per heavy atom. The van der Waals surface area contributed by atoms with Gasteiger partial charge in [-0.3, -0.25) is 4.79 Å². The lowest BCUT2D eigenvalue weighted by atomic mass is 10.0. The molecule has 0 bridgehead atoms. The third kappa shape index (κ3) is 4.95. The molecule has 1 aromatic heterocycles. The fraction of sp³-hybridized carbons (Fsp3) is 0.471. The maximum Gasteiger partial charge on any atom is 0.295 e. The highest BCUT2D eigenvalue weighted by molar-refractivity contribution is 8.01. The quantitative estimate of drug-likeness (QED) is 0.725. The summed E-state index contributed by atoms with van der Waals surface area (Å²) in [5.74, 6) is 0.933. The van der Waals surface area contributed by atoms with Gasteiger partial charge in [0.05, 0.1) is 17.9 Å². The van der Waals surface area contributed by atoms with Crippen LogP contribution in [0.25, 0.3) is 0 Å². The van der Waals surface area contributed by atoms with Crippen molar-refractivity contribution in [3.8, 4) is 5.19 Å². The van der Waals surface area contributed by atoms with Crippen molar-refractivity contribution >= 4 is 29.0 Å². The van der Waals surface area contributed by atoms with Crippen molar-refractivity contribution in [2.45, 2.75) is 43.2 Å². The topological polar surface area (TPSA) is 64.1 Å². The van der Waals surface area contributed by atoms with Gasteiger partial charge in [-0.2, -0.15) is 0 Å². The van der Waals surface area contributed by atoms with E-state index < -0.39 is 0 Å². The van der Waals surface area contributed by atoms with E-state index in [0.29, 0.717) is 16.9 Å². The molecular formula is C17H21N3O2S2. The van der Waals surface area contributed by atoms with Crippen molar-refractivity contribution in [3.05, 3.63) is 35.9 Å². The molecule has 1 aliphatic carbocycles. The van der Waals surface area contributed by atoms with Gasteiger partial charge < -0.3 is 10.1 Å². The first kappa shape index (κ1) is 17.2. The summed E-state index contributed by atoms with van der Waals surface area (Å²) in [6.07, 6.45) is 2.43. The normalized spacial score (nSPS) is 15.3. The molecule has 3 rings (SSSR count). The van der Waals surface area contributed by atoms with Crippen LogP contribution < -0.4 is 10.1 Å². The molecule has 0 saturated heterocycles. The highest BCUT2D eigenvalue weighted by Gasteiger charge is 2.33. The van der Waals surface area contributed by atoms with Crippen LogP contribution in [-0.2, 0) is 4.79 Å². The van der Waals surface area contributed by atoms with Crippen LogP contribution in [0, 0.1) is 5.92 Å². The van der Waals surface area contributed by atoms with Gasteiger partial charge in [0, 0.05) is 0 Å². The summed E-state index contributed by atoms with van der Waals surface area (Å²) in [6.45, 7) is 3.90. The molecule has 0 spiro atoms. The summed E-state index contributed by atoms with van der Waals surface area (Å²) in [7, 11) is 0. The van der Waals surface area contributed by atoms with Crippen LogP contribution in [0.3, 0.4) is 0 Å². The molecule has 24 heavy (non-hydrogen) atoms. The number of hydrogen-bond acceptors (Lipinski definition) is 6. The molecule has 1 N–H and O–H groups in total. The Hall–Kier alpha value is -1.60. The second-order valence-electron chi connectivity index (χ2n) is 6.08. The minimum absolute atomic E-state index is 0.0299. The first-order chi connectivity index (χ1) is 11.6. The van der Waals surface area contributed by atoms with Gasteiger partial charge in [0.1, 0.15) is 0 Å². The van der Waals surface area contributed by atoms with Crippen LogP contribution in [0.2, 0.25) is 0 Å². The van der Waals surface area contributed by atoms with Gasteiger partial charge in [0.15, 0.2) is 4.34 Å². The molecule has 2 aromatic rings. The monoisotopic (exact) mass is 363 g/mol. The molecule has 1 fully saturated rings. The van der Waals surface area contributed by atoms with E-state index in [2.05, 4.69) is 27.6 Å². The van der Waals surface area contributed by atoms with Crippen LogP contribution in [-0.4, -0.2) is 28.0 Å². The predicted octanol–water partition coefficient (Wildman–Crippen LogP) is 3.68. The summed E-state index contributed by atoms with van der Waals surface area (Å²) in [4.78, 5) is 12.3. The maximum absolute atomic E-state index is 12.3. The molecular weight excluding hydrogens is 342 g/mol. The molecule has 1 aromatic carbocycles. The largest absolute Gasteiger partial charge is 0.466 e.